The van der Waals surface area contributed by atoms with E-state index in [1.165, 1.54) is 28.3 Å². The van der Waals surface area contributed by atoms with Crippen LogP contribution in [-0.4, -0.2) is 27.1 Å². The van der Waals surface area contributed by atoms with Gasteiger partial charge in [-0.05, 0) is 74.8 Å². The minimum atomic E-state index is -3.59. The molecule has 0 saturated heterocycles. The lowest BCUT2D eigenvalue weighted by Crippen LogP contribution is -2.41. The second-order valence-electron chi connectivity index (χ2n) is 8.08. The van der Waals surface area contributed by atoms with Crippen LogP contribution in [0.2, 0.25) is 0 Å². The third kappa shape index (κ3) is 5.18. The van der Waals surface area contributed by atoms with Gasteiger partial charge in [0.1, 0.15) is 6.54 Å². The van der Waals surface area contributed by atoms with Crippen molar-refractivity contribution in [3.05, 3.63) is 64.2 Å². The summed E-state index contributed by atoms with van der Waals surface area (Å²) in [5.74, 6) is -0.319. The molecule has 2 aromatic rings. The molecule has 1 N–H and O–H groups in total. The van der Waals surface area contributed by atoms with Crippen LogP contribution in [-0.2, 0) is 27.7 Å². The van der Waals surface area contributed by atoms with Gasteiger partial charge >= 0.3 is 0 Å². The predicted molar refractivity (Wildman–Crippen MR) is 118 cm³/mol. The Hall–Kier alpha value is -2.34. The number of carbonyl (C=O) groups excluding carboxylic acids is 1. The zero-order valence-electron chi connectivity index (χ0n) is 17.7. The molecule has 5 nitrogen and oxygen atoms in total. The van der Waals surface area contributed by atoms with Gasteiger partial charge in [0.05, 0.1) is 18.0 Å². The van der Waals surface area contributed by atoms with Crippen molar-refractivity contribution in [2.45, 2.75) is 52.5 Å². The van der Waals surface area contributed by atoms with Crippen molar-refractivity contribution in [2.75, 3.05) is 17.1 Å². The summed E-state index contributed by atoms with van der Waals surface area (Å²) in [5.41, 5.74) is 6.22. The van der Waals surface area contributed by atoms with Gasteiger partial charge in [0.25, 0.3) is 0 Å². The average Bonchev–Trinajstić information content (AvgIpc) is 2.65. The van der Waals surface area contributed by atoms with E-state index in [9.17, 15) is 13.2 Å². The Balaban J connectivity index is 1.75. The van der Waals surface area contributed by atoms with Crippen LogP contribution >= 0.6 is 0 Å². The standard InChI is InChI=1S/C23H30N2O3S/c1-16-9-12-22(17(2)13-16)25(29(4,27)28)15-23(26)24-18(3)20-11-10-19-7-5-6-8-21(19)14-20/h9-14,18H,5-8,15H2,1-4H3,(H,24,26)/t18-/m1/s1. The first-order chi connectivity index (χ1) is 13.6. The topological polar surface area (TPSA) is 66.5 Å². The molecule has 1 amide bonds. The number of benzene rings is 2. The molecule has 3 rings (SSSR count). The molecular weight excluding hydrogens is 384 g/mol. The van der Waals surface area contributed by atoms with Crippen molar-refractivity contribution in [3.63, 3.8) is 0 Å². The molecule has 0 radical (unpaired) electrons. The SMILES string of the molecule is Cc1ccc(N(CC(=O)N[C@H](C)c2ccc3c(c2)CCCC3)S(C)(=O)=O)c(C)c1. The molecule has 0 fully saturated rings. The highest BCUT2D eigenvalue weighted by Crippen LogP contribution is 2.26. The Labute approximate surface area is 174 Å². The Bertz CT molecular complexity index is 1010. The Morgan fingerprint density at radius 1 is 1.07 bits per heavy atom. The second-order valence-corrected chi connectivity index (χ2v) is 9.99. The van der Waals surface area contributed by atoms with Crippen molar-refractivity contribution >= 4 is 21.6 Å². The number of nitrogens with zero attached hydrogens (tertiary/aromatic N) is 1. The van der Waals surface area contributed by atoms with E-state index in [4.69, 9.17) is 0 Å². The first kappa shape index (κ1) is 21.4. The summed E-state index contributed by atoms with van der Waals surface area (Å²) in [6.45, 7) is 5.51. The van der Waals surface area contributed by atoms with E-state index in [2.05, 4.69) is 23.5 Å². The van der Waals surface area contributed by atoms with Gasteiger partial charge in [-0.15, -0.1) is 0 Å². The number of fused-ring (bicyclic) bond motifs is 1. The summed E-state index contributed by atoms with van der Waals surface area (Å²) in [5, 5.41) is 2.96. The molecule has 156 valence electrons. The molecule has 0 heterocycles. The number of carbonyl (C=O) groups is 1. The zero-order chi connectivity index (χ0) is 21.2. The third-order valence-corrected chi connectivity index (χ3v) is 6.69. The Kier molecular flexibility index (Phi) is 6.32. The lowest BCUT2D eigenvalue weighted by atomic mass is 9.89. The van der Waals surface area contributed by atoms with Crippen molar-refractivity contribution in [1.29, 1.82) is 0 Å². The summed E-state index contributed by atoms with van der Waals surface area (Å²) in [6.07, 6.45) is 5.77. The van der Waals surface area contributed by atoms with Crippen LogP contribution in [0, 0.1) is 13.8 Å². The van der Waals surface area contributed by atoms with Gasteiger partial charge in [-0.1, -0.05) is 35.9 Å². The maximum absolute atomic E-state index is 12.7. The van der Waals surface area contributed by atoms with E-state index in [1.807, 2.05) is 32.9 Å². The molecule has 0 bridgehead atoms. The minimum Gasteiger partial charge on any atom is -0.348 e. The quantitative estimate of drug-likeness (QED) is 0.781. The zero-order valence-corrected chi connectivity index (χ0v) is 18.5. The summed E-state index contributed by atoms with van der Waals surface area (Å²) in [4.78, 5) is 12.7. The lowest BCUT2D eigenvalue weighted by Gasteiger charge is -2.25. The molecule has 29 heavy (non-hydrogen) atoms. The fraction of sp³-hybridized carbons (Fsp3) is 0.435. The third-order valence-electron chi connectivity index (χ3n) is 5.56. The molecule has 0 unspecified atom stereocenters. The van der Waals surface area contributed by atoms with E-state index in [0.717, 1.165) is 35.8 Å². The molecule has 0 spiro atoms. The van der Waals surface area contributed by atoms with Crippen LogP contribution in [0.5, 0.6) is 0 Å². The summed E-state index contributed by atoms with van der Waals surface area (Å²) < 4.78 is 25.9. The number of sulfonamides is 1. The average molecular weight is 415 g/mol. The van der Waals surface area contributed by atoms with Crippen LogP contribution in [0.25, 0.3) is 0 Å². The van der Waals surface area contributed by atoms with Crippen LogP contribution < -0.4 is 9.62 Å². The molecule has 6 heteroatoms. The number of anilines is 1. The van der Waals surface area contributed by atoms with Crippen LogP contribution in [0.3, 0.4) is 0 Å². The number of amides is 1. The van der Waals surface area contributed by atoms with E-state index >= 15 is 0 Å². The summed E-state index contributed by atoms with van der Waals surface area (Å²) >= 11 is 0. The molecule has 0 aromatic heterocycles. The van der Waals surface area contributed by atoms with Gasteiger partial charge in [-0.25, -0.2) is 8.42 Å². The van der Waals surface area contributed by atoms with Gasteiger partial charge in [0.15, 0.2) is 0 Å². The molecule has 0 saturated carbocycles. The smallest absolute Gasteiger partial charge is 0.241 e. The monoisotopic (exact) mass is 414 g/mol. The highest BCUT2D eigenvalue weighted by atomic mass is 32.2. The van der Waals surface area contributed by atoms with Crippen molar-refractivity contribution < 1.29 is 13.2 Å². The predicted octanol–water partition coefficient (Wildman–Crippen LogP) is 3.83. The number of nitrogens with one attached hydrogen (secondary N) is 1. The van der Waals surface area contributed by atoms with E-state index < -0.39 is 10.0 Å². The second kappa shape index (κ2) is 8.57. The van der Waals surface area contributed by atoms with Gasteiger partial charge < -0.3 is 5.32 Å². The maximum Gasteiger partial charge on any atom is 0.241 e. The number of rotatable bonds is 6. The molecule has 1 atom stereocenters. The fourth-order valence-electron chi connectivity index (χ4n) is 3.99. The fourth-order valence-corrected chi connectivity index (χ4v) is 4.90. The van der Waals surface area contributed by atoms with Crippen LogP contribution in [0.15, 0.2) is 36.4 Å². The first-order valence-electron chi connectivity index (χ1n) is 10.1. The molecular formula is C23H30N2O3S. The minimum absolute atomic E-state index is 0.185. The van der Waals surface area contributed by atoms with E-state index in [1.54, 1.807) is 6.07 Å². The van der Waals surface area contributed by atoms with Crippen LogP contribution in [0.4, 0.5) is 5.69 Å². The number of aryl methyl sites for hydroxylation is 4. The van der Waals surface area contributed by atoms with Gasteiger partial charge in [-0.3, -0.25) is 9.10 Å². The summed E-state index contributed by atoms with van der Waals surface area (Å²) in [7, 11) is -3.59. The van der Waals surface area contributed by atoms with Gasteiger partial charge in [0, 0.05) is 0 Å². The van der Waals surface area contributed by atoms with E-state index in [0.29, 0.717) is 5.69 Å². The largest absolute Gasteiger partial charge is 0.348 e. The molecule has 1 aliphatic rings. The lowest BCUT2D eigenvalue weighted by molar-refractivity contribution is -0.120. The highest BCUT2D eigenvalue weighted by molar-refractivity contribution is 7.92. The molecule has 2 aromatic carbocycles. The molecule has 1 aliphatic carbocycles. The van der Waals surface area contributed by atoms with Gasteiger partial charge in [-0.2, -0.15) is 0 Å². The Morgan fingerprint density at radius 2 is 1.76 bits per heavy atom. The number of hydrogen-bond donors (Lipinski definition) is 1. The summed E-state index contributed by atoms with van der Waals surface area (Å²) in [6, 6.07) is 11.7. The van der Waals surface area contributed by atoms with Crippen molar-refractivity contribution in [3.8, 4) is 0 Å². The molecule has 0 aliphatic heterocycles. The normalized spacial score (nSPS) is 14.8. The maximum atomic E-state index is 12.7. The highest BCUT2D eigenvalue weighted by Gasteiger charge is 2.23. The van der Waals surface area contributed by atoms with Crippen LogP contribution in [0.1, 0.15) is 53.6 Å². The first-order valence-corrected chi connectivity index (χ1v) is 12.0. The number of hydrogen-bond acceptors (Lipinski definition) is 3. The van der Waals surface area contributed by atoms with Crippen molar-refractivity contribution in [2.24, 2.45) is 0 Å². The van der Waals surface area contributed by atoms with Gasteiger partial charge in [0.2, 0.25) is 15.9 Å². The van der Waals surface area contributed by atoms with E-state index in [-0.39, 0.29) is 18.5 Å². The van der Waals surface area contributed by atoms with Crippen molar-refractivity contribution in [1.82, 2.24) is 5.32 Å². The Morgan fingerprint density at radius 3 is 2.41 bits per heavy atom.